The second-order valence-corrected chi connectivity index (χ2v) is 6.97. The van der Waals surface area contributed by atoms with Crippen LogP contribution in [0.1, 0.15) is 6.92 Å². The molecule has 25 heavy (non-hydrogen) atoms. The highest BCUT2D eigenvalue weighted by atomic mass is 32.2. The van der Waals surface area contributed by atoms with Crippen molar-refractivity contribution in [2.75, 3.05) is 37.8 Å². The molecule has 0 heterocycles. The summed E-state index contributed by atoms with van der Waals surface area (Å²) in [5, 5.41) is 20.0. The average Bonchev–Trinajstić information content (AvgIpc) is 2.55. The molecule has 0 unspecified atom stereocenters. The van der Waals surface area contributed by atoms with E-state index in [4.69, 9.17) is 6.42 Å². The van der Waals surface area contributed by atoms with E-state index in [-0.39, 0.29) is 16.3 Å². The third kappa shape index (κ3) is 6.68. The number of nitrogens with zero attached hydrogens (tertiary/aromatic N) is 2. The molecule has 0 aliphatic heterocycles. The zero-order valence-electron chi connectivity index (χ0n) is 14.1. The van der Waals surface area contributed by atoms with Crippen LogP contribution in [0.25, 0.3) is 0 Å². The Morgan fingerprint density at radius 3 is 2.68 bits per heavy atom. The van der Waals surface area contributed by atoms with Crippen molar-refractivity contribution in [2.24, 2.45) is 4.99 Å². The van der Waals surface area contributed by atoms with Gasteiger partial charge in [0.15, 0.2) is 15.8 Å². The number of rotatable bonds is 8. The lowest BCUT2D eigenvalue weighted by Crippen LogP contribution is -2.37. The van der Waals surface area contributed by atoms with Crippen molar-refractivity contribution in [1.29, 1.82) is 0 Å². The molecule has 1 rings (SSSR count). The van der Waals surface area contributed by atoms with Gasteiger partial charge >= 0.3 is 0 Å². The Bertz CT molecular complexity index is 784. The third-order valence-corrected chi connectivity index (χ3v) is 4.10. The van der Waals surface area contributed by atoms with E-state index in [0.29, 0.717) is 32.1 Å². The first kappa shape index (κ1) is 20.2. The molecule has 0 amide bonds. The highest BCUT2D eigenvalue weighted by molar-refractivity contribution is 7.90. The van der Waals surface area contributed by atoms with E-state index in [1.54, 1.807) is 0 Å². The van der Waals surface area contributed by atoms with E-state index in [1.165, 1.54) is 12.1 Å². The van der Waals surface area contributed by atoms with Crippen LogP contribution in [0.2, 0.25) is 0 Å². The Hall–Kier alpha value is -2.80. The second-order valence-electron chi connectivity index (χ2n) is 4.95. The van der Waals surface area contributed by atoms with Gasteiger partial charge in [0.05, 0.1) is 22.9 Å². The first-order chi connectivity index (χ1) is 11.8. The molecular formula is C15H21N5O4S. The maximum atomic E-state index is 11.5. The summed E-state index contributed by atoms with van der Waals surface area (Å²) in [5.41, 5.74) is -0.0709. The number of benzene rings is 1. The normalized spacial score (nSPS) is 11.5. The van der Waals surface area contributed by atoms with E-state index in [2.05, 4.69) is 26.9 Å². The van der Waals surface area contributed by atoms with Gasteiger partial charge in [0, 0.05) is 25.4 Å². The standard InChI is InChI=1S/C15H21N5O4S/c1-4-8-18-15(16-5-2)19-10-9-17-13-7-6-12(25(3,23)24)11-14(13)20(21)22/h1,6-7,11,17H,5,8-10H2,2-3H3,(H2,16,18,19). The molecule has 0 saturated heterocycles. The van der Waals surface area contributed by atoms with Crippen LogP contribution >= 0.6 is 0 Å². The van der Waals surface area contributed by atoms with Gasteiger partial charge in [-0.15, -0.1) is 6.42 Å². The van der Waals surface area contributed by atoms with Gasteiger partial charge in [0.2, 0.25) is 0 Å². The van der Waals surface area contributed by atoms with Crippen LogP contribution in [0.3, 0.4) is 0 Å². The Kier molecular flexibility index (Phi) is 7.68. The minimum absolute atomic E-state index is 0.101. The SMILES string of the molecule is C#CCNC(=NCCNc1ccc(S(C)(=O)=O)cc1[N+](=O)[O-])NCC. The lowest BCUT2D eigenvalue weighted by molar-refractivity contribution is -0.384. The van der Waals surface area contributed by atoms with Crippen molar-refractivity contribution in [2.45, 2.75) is 11.8 Å². The van der Waals surface area contributed by atoms with Crippen LogP contribution in [0.15, 0.2) is 28.1 Å². The third-order valence-electron chi connectivity index (χ3n) is 2.99. The van der Waals surface area contributed by atoms with Crippen molar-refractivity contribution in [3.8, 4) is 12.3 Å². The molecule has 136 valence electrons. The number of nitro benzene ring substituents is 1. The fourth-order valence-corrected chi connectivity index (χ4v) is 2.52. The smallest absolute Gasteiger partial charge is 0.293 e. The van der Waals surface area contributed by atoms with Crippen LogP contribution in [-0.2, 0) is 9.84 Å². The largest absolute Gasteiger partial charge is 0.378 e. The summed E-state index contributed by atoms with van der Waals surface area (Å²) in [6, 6.07) is 3.74. The summed E-state index contributed by atoms with van der Waals surface area (Å²) >= 11 is 0. The van der Waals surface area contributed by atoms with Crippen LogP contribution in [0.5, 0.6) is 0 Å². The molecule has 0 atom stereocenters. The summed E-state index contributed by atoms with van der Waals surface area (Å²) in [6.07, 6.45) is 6.18. The van der Waals surface area contributed by atoms with Gasteiger partial charge in [-0.3, -0.25) is 15.1 Å². The van der Waals surface area contributed by atoms with Gasteiger partial charge in [-0.2, -0.15) is 0 Å². The van der Waals surface area contributed by atoms with Crippen LogP contribution in [0, 0.1) is 22.5 Å². The molecule has 10 heteroatoms. The molecule has 0 aromatic heterocycles. The molecule has 0 radical (unpaired) electrons. The van der Waals surface area contributed by atoms with E-state index in [0.717, 1.165) is 12.3 Å². The molecule has 9 nitrogen and oxygen atoms in total. The fraction of sp³-hybridized carbons (Fsp3) is 0.400. The number of anilines is 1. The Labute approximate surface area is 147 Å². The highest BCUT2D eigenvalue weighted by Gasteiger charge is 2.18. The zero-order valence-corrected chi connectivity index (χ0v) is 14.9. The topological polar surface area (TPSA) is 126 Å². The van der Waals surface area contributed by atoms with Crippen molar-refractivity contribution >= 4 is 27.2 Å². The fourth-order valence-electron chi connectivity index (χ4n) is 1.88. The number of nitro groups is 1. The van der Waals surface area contributed by atoms with E-state index in [1.807, 2.05) is 6.92 Å². The van der Waals surface area contributed by atoms with Crippen LogP contribution in [0.4, 0.5) is 11.4 Å². The van der Waals surface area contributed by atoms with E-state index in [9.17, 15) is 18.5 Å². The monoisotopic (exact) mass is 367 g/mol. The minimum Gasteiger partial charge on any atom is -0.378 e. The summed E-state index contributed by atoms with van der Waals surface area (Å²) < 4.78 is 23.0. The summed E-state index contributed by atoms with van der Waals surface area (Å²) in [5.74, 6) is 2.98. The second kappa shape index (κ2) is 9.48. The molecule has 0 aliphatic rings. The molecule has 0 bridgehead atoms. The van der Waals surface area contributed by atoms with Crippen LogP contribution in [-0.4, -0.2) is 51.7 Å². The quantitative estimate of drug-likeness (QED) is 0.153. The number of nitrogens with one attached hydrogen (secondary N) is 3. The number of guanidine groups is 1. The van der Waals surface area contributed by atoms with Crippen molar-refractivity contribution in [3.05, 3.63) is 28.3 Å². The van der Waals surface area contributed by atoms with E-state index < -0.39 is 14.8 Å². The molecule has 0 saturated carbocycles. The summed E-state index contributed by atoms with van der Waals surface area (Å²) in [6.45, 7) is 3.58. The molecule has 0 spiro atoms. The first-order valence-corrected chi connectivity index (χ1v) is 9.36. The maximum absolute atomic E-state index is 11.5. The molecule has 1 aromatic rings. The average molecular weight is 367 g/mol. The Balaban J connectivity index is 2.80. The number of hydrogen-bond acceptors (Lipinski definition) is 6. The number of aliphatic imine (C=N–C) groups is 1. The predicted octanol–water partition coefficient (Wildman–Crippen LogP) is 0.598. The lowest BCUT2D eigenvalue weighted by atomic mass is 10.2. The number of terminal acetylenes is 1. The van der Waals surface area contributed by atoms with Crippen LogP contribution < -0.4 is 16.0 Å². The van der Waals surface area contributed by atoms with Crippen molar-refractivity contribution in [1.82, 2.24) is 10.6 Å². The van der Waals surface area contributed by atoms with Gasteiger partial charge in [-0.1, -0.05) is 5.92 Å². The molecule has 0 fully saturated rings. The number of hydrogen-bond donors (Lipinski definition) is 3. The molecule has 1 aromatic carbocycles. The number of sulfone groups is 1. The molecular weight excluding hydrogens is 346 g/mol. The van der Waals surface area contributed by atoms with Crippen molar-refractivity contribution < 1.29 is 13.3 Å². The highest BCUT2D eigenvalue weighted by Crippen LogP contribution is 2.27. The minimum atomic E-state index is -3.51. The van der Waals surface area contributed by atoms with Gasteiger partial charge in [0.1, 0.15) is 5.69 Å². The van der Waals surface area contributed by atoms with Gasteiger partial charge in [0.25, 0.3) is 5.69 Å². The van der Waals surface area contributed by atoms with Gasteiger partial charge < -0.3 is 16.0 Å². The summed E-state index contributed by atoms with van der Waals surface area (Å²) in [7, 11) is -3.51. The molecule has 3 N–H and O–H groups in total. The van der Waals surface area contributed by atoms with Crippen molar-refractivity contribution in [3.63, 3.8) is 0 Å². The maximum Gasteiger partial charge on any atom is 0.293 e. The predicted molar refractivity (Wildman–Crippen MR) is 97.5 cm³/mol. The summed E-state index contributed by atoms with van der Waals surface area (Å²) in [4.78, 5) is 14.7. The molecule has 0 aliphatic carbocycles. The van der Waals surface area contributed by atoms with Gasteiger partial charge in [-0.05, 0) is 19.1 Å². The Morgan fingerprint density at radius 1 is 1.40 bits per heavy atom. The zero-order chi connectivity index (χ0) is 18.9. The van der Waals surface area contributed by atoms with E-state index >= 15 is 0 Å². The Morgan fingerprint density at radius 2 is 2.12 bits per heavy atom. The lowest BCUT2D eigenvalue weighted by Gasteiger charge is -2.10. The first-order valence-electron chi connectivity index (χ1n) is 7.47. The van der Waals surface area contributed by atoms with Gasteiger partial charge in [-0.25, -0.2) is 8.42 Å².